The molecule has 2 heteroatoms. The molecular weight excluding hydrogens is 150 g/mol. The molecule has 0 heterocycles. The Labute approximate surface area is 73.3 Å². The quantitative estimate of drug-likeness (QED) is 0.467. The van der Waals surface area contributed by atoms with Gasteiger partial charge in [0.2, 0.25) is 0 Å². The van der Waals surface area contributed by atoms with Gasteiger partial charge in [-0.2, -0.15) is 4.91 Å². The van der Waals surface area contributed by atoms with Crippen LogP contribution in [-0.2, 0) is 0 Å². The van der Waals surface area contributed by atoms with Gasteiger partial charge in [-0.1, -0.05) is 23.4 Å². The molecule has 0 aromatic rings. The second-order valence-electron chi connectivity index (χ2n) is 3.47. The van der Waals surface area contributed by atoms with Crippen LogP contribution >= 0.6 is 0 Å². The predicted molar refractivity (Wildman–Crippen MR) is 50.9 cm³/mol. The van der Waals surface area contributed by atoms with Gasteiger partial charge in [0, 0.05) is 0 Å². The first kappa shape index (κ1) is 9.17. The average molecular weight is 165 g/mol. The number of hydrogen-bond acceptors (Lipinski definition) is 2. The summed E-state index contributed by atoms with van der Waals surface area (Å²) < 4.78 is 0. The highest BCUT2D eigenvalue weighted by Gasteiger charge is 2.14. The fourth-order valence-corrected chi connectivity index (χ4v) is 1.56. The van der Waals surface area contributed by atoms with Crippen LogP contribution in [0.5, 0.6) is 0 Å². The molecule has 0 aromatic heterocycles. The molecule has 1 atom stereocenters. The van der Waals surface area contributed by atoms with Gasteiger partial charge in [-0.05, 0) is 37.7 Å². The van der Waals surface area contributed by atoms with Crippen molar-refractivity contribution in [1.29, 1.82) is 0 Å². The zero-order valence-electron chi connectivity index (χ0n) is 7.55. The molecular formula is C10H15NO. The zero-order chi connectivity index (χ0) is 8.97. The van der Waals surface area contributed by atoms with E-state index in [9.17, 15) is 4.91 Å². The molecule has 12 heavy (non-hydrogen) atoms. The summed E-state index contributed by atoms with van der Waals surface area (Å²) in [5, 5.41) is 2.89. The van der Waals surface area contributed by atoms with Gasteiger partial charge >= 0.3 is 0 Å². The molecule has 0 bridgehead atoms. The maximum absolute atomic E-state index is 9.98. The van der Waals surface area contributed by atoms with Gasteiger partial charge in [-0.3, -0.25) is 0 Å². The molecule has 0 N–H and O–H groups in total. The van der Waals surface area contributed by atoms with E-state index in [0.717, 1.165) is 19.3 Å². The summed E-state index contributed by atoms with van der Waals surface area (Å²) in [6, 6.07) is 0. The fraction of sp³-hybridized carbons (Fsp3) is 0.600. The number of nitroso groups, excluding NO2 is 1. The lowest BCUT2D eigenvalue weighted by Crippen LogP contribution is -2.07. The Hall–Kier alpha value is -0.920. The van der Waals surface area contributed by atoms with E-state index in [1.807, 2.05) is 0 Å². The number of nitrogens with zero attached hydrogens (tertiary/aromatic N) is 1. The molecule has 66 valence electrons. The third-order valence-electron chi connectivity index (χ3n) is 2.47. The SMILES string of the molecule is C=C(C)[C@@H]1CC=C(CN=O)CC1. The Morgan fingerprint density at radius 1 is 1.83 bits per heavy atom. The molecule has 0 fully saturated rings. The van der Waals surface area contributed by atoms with Crippen molar-refractivity contribution in [3.8, 4) is 0 Å². The van der Waals surface area contributed by atoms with E-state index >= 15 is 0 Å². The van der Waals surface area contributed by atoms with Gasteiger partial charge in [0.1, 0.15) is 6.54 Å². The number of allylic oxidation sites excluding steroid dienone is 2. The lowest BCUT2D eigenvalue weighted by molar-refractivity contribution is 0.537. The van der Waals surface area contributed by atoms with Gasteiger partial charge in [0.25, 0.3) is 0 Å². The predicted octanol–water partition coefficient (Wildman–Crippen LogP) is 3.06. The topological polar surface area (TPSA) is 29.4 Å². The largest absolute Gasteiger partial charge is 0.150 e. The van der Waals surface area contributed by atoms with E-state index in [2.05, 4.69) is 24.8 Å². The van der Waals surface area contributed by atoms with Crippen molar-refractivity contribution < 1.29 is 0 Å². The van der Waals surface area contributed by atoms with Crippen molar-refractivity contribution in [1.82, 2.24) is 0 Å². The highest BCUT2D eigenvalue weighted by atomic mass is 16.3. The summed E-state index contributed by atoms with van der Waals surface area (Å²) >= 11 is 0. The fourth-order valence-electron chi connectivity index (χ4n) is 1.56. The highest BCUT2D eigenvalue weighted by molar-refractivity contribution is 5.13. The summed E-state index contributed by atoms with van der Waals surface area (Å²) in [5.41, 5.74) is 2.45. The van der Waals surface area contributed by atoms with Crippen LogP contribution in [0.25, 0.3) is 0 Å². The van der Waals surface area contributed by atoms with Crippen molar-refractivity contribution in [2.75, 3.05) is 6.54 Å². The molecule has 0 amide bonds. The van der Waals surface area contributed by atoms with Gasteiger partial charge in [0.15, 0.2) is 0 Å². The van der Waals surface area contributed by atoms with Crippen molar-refractivity contribution in [2.24, 2.45) is 11.1 Å². The lowest BCUT2D eigenvalue weighted by atomic mass is 9.86. The van der Waals surface area contributed by atoms with Crippen molar-refractivity contribution >= 4 is 0 Å². The Morgan fingerprint density at radius 3 is 3.00 bits per heavy atom. The first-order valence-electron chi connectivity index (χ1n) is 4.36. The minimum atomic E-state index is 0.378. The molecule has 0 unspecified atom stereocenters. The van der Waals surface area contributed by atoms with Crippen LogP contribution in [-0.4, -0.2) is 6.54 Å². The summed E-state index contributed by atoms with van der Waals surface area (Å²) in [5.74, 6) is 0.625. The molecule has 0 saturated carbocycles. The van der Waals surface area contributed by atoms with Crippen LogP contribution in [0.15, 0.2) is 29.0 Å². The number of hydrogen-bond donors (Lipinski definition) is 0. The molecule has 0 spiro atoms. The van der Waals surface area contributed by atoms with E-state index in [-0.39, 0.29) is 0 Å². The molecule has 1 aliphatic rings. The highest BCUT2D eigenvalue weighted by Crippen LogP contribution is 2.27. The second kappa shape index (κ2) is 4.19. The number of rotatable bonds is 3. The first-order valence-corrected chi connectivity index (χ1v) is 4.36. The van der Waals surface area contributed by atoms with E-state index in [1.165, 1.54) is 11.1 Å². The molecule has 0 radical (unpaired) electrons. The third kappa shape index (κ3) is 2.29. The second-order valence-corrected chi connectivity index (χ2v) is 3.47. The van der Waals surface area contributed by atoms with Gasteiger partial charge in [0.05, 0.1) is 0 Å². The van der Waals surface area contributed by atoms with Gasteiger partial charge in [-0.25, -0.2) is 0 Å². The summed E-state index contributed by atoms with van der Waals surface area (Å²) in [4.78, 5) is 9.98. The maximum Gasteiger partial charge on any atom is 0.102 e. The van der Waals surface area contributed by atoms with Crippen molar-refractivity contribution in [2.45, 2.75) is 26.2 Å². The van der Waals surface area contributed by atoms with Crippen molar-refractivity contribution in [3.05, 3.63) is 28.7 Å². The Balaban J connectivity index is 2.47. The zero-order valence-corrected chi connectivity index (χ0v) is 7.55. The Kier molecular flexibility index (Phi) is 3.20. The normalized spacial score (nSPS) is 23.1. The standard InChI is InChI=1S/C10H15NO/c1-8(2)10-5-3-9(4-6-10)7-11-12/h3,10H,1,4-7H2,2H3/t10-/m1/s1. The molecule has 1 aliphatic carbocycles. The first-order chi connectivity index (χ1) is 5.74. The maximum atomic E-state index is 9.98. The van der Waals surface area contributed by atoms with Gasteiger partial charge < -0.3 is 0 Å². The van der Waals surface area contributed by atoms with Crippen LogP contribution in [0.3, 0.4) is 0 Å². The lowest BCUT2D eigenvalue weighted by Gasteiger charge is -2.20. The minimum Gasteiger partial charge on any atom is -0.150 e. The summed E-state index contributed by atoms with van der Waals surface area (Å²) in [6.07, 6.45) is 5.34. The van der Waals surface area contributed by atoms with Crippen LogP contribution in [0.2, 0.25) is 0 Å². The molecule has 2 nitrogen and oxygen atoms in total. The van der Waals surface area contributed by atoms with E-state index < -0.39 is 0 Å². The van der Waals surface area contributed by atoms with Crippen LogP contribution in [0.4, 0.5) is 0 Å². The Morgan fingerprint density at radius 2 is 2.58 bits per heavy atom. The average Bonchev–Trinajstić information content (AvgIpc) is 2.06. The Bertz CT molecular complexity index is 218. The molecule has 0 saturated heterocycles. The van der Waals surface area contributed by atoms with Crippen LogP contribution < -0.4 is 0 Å². The smallest absolute Gasteiger partial charge is 0.102 e. The van der Waals surface area contributed by atoms with Crippen LogP contribution in [0.1, 0.15) is 26.2 Å². The third-order valence-corrected chi connectivity index (χ3v) is 2.47. The van der Waals surface area contributed by atoms with E-state index in [1.54, 1.807) is 0 Å². The molecule has 1 rings (SSSR count). The van der Waals surface area contributed by atoms with Gasteiger partial charge in [-0.15, -0.1) is 0 Å². The molecule has 0 aliphatic heterocycles. The van der Waals surface area contributed by atoms with Crippen LogP contribution in [0, 0.1) is 10.8 Å². The monoisotopic (exact) mass is 165 g/mol. The van der Waals surface area contributed by atoms with E-state index in [4.69, 9.17) is 0 Å². The molecule has 0 aromatic carbocycles. The summed E-state index contributed by atoms with van der Waals surface area (Å²) in [7, 11) is 0. The van der Waals surface area contributed by atoms with Crippen molar-refractivity contribution in [3.63, 3.8) is 0 Å². The minimum absolute atomic E-state index is 0.378. The summed E-state index contributed by atoms with van der Waals surface area (Å²) in [6.45, 7) is 6.38. The van der Waals surface area contributed by atoms with E-state index in [0.29, 0.717) is 12.5 Å².